The van der Waals surface area contributed by atoms with E-state index in [2.05, 4.69) is 15.9 Å². The normalized spacial score (nSPS) is 19.4. The van der Waals surface area contributed by atoms with E-state index in [0.29, 0.717) is 0 Å². The average Bonchev–Trinajstić information content (AvgIpc) is 2.51. The number of benzene rings is 1. The van der Waals surface area contributed by atoms with Crippen LogP contribution in [0.15, 0.2) is 10.5 Å². The first-order chi connectivity index (χ1) is 8.19. The molecule has 1 heterocycles. The van der Waals surface area contributed by atoms with Gasteiger partial charge in [-0.2, -0.15) is 11.8 Å². The van der Waals surface area contributed by atoms with Crippen LogP contribution in [-0.4, -0.2) is 25.1 Å². The average molecular weight is 319 g/mol. The zero-order valence-electron chi connectivity index (χ0n) is 9.83. The van der Waals surface area contributed by atoms with Gasteiger partial charge in [0, 0.05) is 16.9 Å². The summed E-state index contributed by atoms with van der Waals surface area (Å²) in [5.41, 5.74) is 1.91. The second-order valence-electron chi connectivity index (χ2n) is 3.84. The van der Waals surface area contributed by atoms with E-state index in [1.165, 1.54) is 0 Å². The molecule has 3 nitrogen and oxygen atoms in total. The van der Waals surface area contributed by atoms with Crippen LogP contribution in [0.3, 0.4) is 0 Å². The molecule has 0 saturated heterocycles. The third-order valence-electron chi connectivity index (χ3n) is 2.88. The van der Waals surface area contributed by atoms with E-state index in [-0.39, 0.29) is 0 Å². The van der Waals surface area contributed by atoms with Crippen LogP contribution >= 0.6 is 27.7 Å². The minimum absolute atomic E-state index is 0.485. The zero-order valence-corrected chi connectivity index (χ0v) is 12.2. The van der Waals surface area contributed by atoms with Crippen LogP contribution in [0.5, 0.6) is 11.5 Å². The van der Waals surface area contributed by atoms with E-state index in [4.69, 9.17) is 9.47 Å². The van der Waals surface area contributed by atoms with E-state index in [1.54, 1.807) is 26.0 Å². The van der Waals surface area contributed by atoms with Crippen LogP contribution in [0.4, 0.5) is 0 Å². The quantitative estimate of drug-likeness (QED) is 0.909. The number of thioether (sulfide) groups is 1. The van der Waals surface area contributed by atoms with Gasteiger partial charge in [0.15, 0.2) is 0 Å². The molecule has 1 N–H and O–H groups in total. The van der Waals surface area contributed by atoms with Gasteiger partial charge in [-0.25, -0.2) is 0 Å². The number of halogens is 1. The molecule has 94 valence electrons. The second kappa shape index (κ2) is 5.50. The largest absolute Gasteiger partial charge is 0.496 e. The summed E-state index contributed by atoms with van der Waals surface area (Å²) < 4.78 is 11.6. The Morgan fingerprint density at radius 1 is 1.41 bits per heavy atom. The number of methoxy groups -OCH3 is 2. The van der Waals surface area contributed by atoms with Crippen molar-refractivity contribution in [1.82, 2.24) is 0 Å². The van der Waals surface area contributed by atoms with Crippen LogP contribution < -0.4 is 9.47 Å². The highest BCUT2D eigenvalue weighted by Crippen LogP contribution is 2.45. The van der Waals surface area contributed by atoms with Crippen molar-refractivity contribution in [2.24, 2.45) is 0 Å². The summed E-state index contributed by atoms with van der Waals surface area (Å²) in [5.74, 6) is 3.32. The van der Waals surface area contributed by atoms with Gasteiger partial charge in [-0.1, -0.05) is 0 Å². The SMILES string of the molecule is COc1cc(Br)c(OC)c2c1CSCCC2O. The molecule has 0 saturated carbocycles. The maximum atomic E-state index is 10.2. The lowest BCUT2D eigenvalue weighted by atomic mass is 9.99. The smallest absolute Gasteiger partial charge is 0.139 e. The molecular formula is C12H15BrO3S. The van der Waals surface area contributed by atoms with Crippen molar-refractivity contribution in [2.45, 2.75) is 18.3 Å². The fourth-order valence-electron chi connectivity index (χ4n) is 2.07. The maximum absolute atomic E-state index is 10.2. The lowest BCUT2D eigenvalue weighted by molar-refractivity contribution is 0.170. The minimum Gasteiger partial charge on any atom is -0.496 e. The highest BCUT2D eigenvalue weighted by atomic mass is 79.9. The first-order valence-electron chi connectivity index (χ1n) is 5.38. The Morgan fingerprint density at radius 3 is 2.82 bits per heavy atom. The molecule has 0 spiro atoms. The Morgan fingerprint density at radius 2 is 2.18 bits per heavy atom. The van der Waals surface area contributed by atoms with Gasteiger partial charge in [0.05, 0.1) is 24.8 Å². The highest BCUT2D eigenvalue weighted by molar-refractivity contribution is 9.10. The predicted octanol–water partition coefficient (Wildman–Crippen LogP) is 3.14. The number of fused-ring (bicyclic) bond motifs is 1. The summed E-state index contributed by atoms with van der Waals surface area (Å²) in [6.07, 6.45) is 0.259. The number of hydrogen-bond donors (Lipinski definition) is 1. The molecule has 5 heteroatoms. The lowest BCUT2D eigenvalue weighted by Gasteiger charge is -2.19. The fraction of sp³-hybridized carbons (Fsp3) is 0.500. The van der Waals surface area contributed by atoms with Crippen molar-refractivity contribution < 1.29 is 14.6 Å². The molecule has 1 aliphatic heterocycles. The van der Waals surface area contributed by atoms with E-state index in [0.717, 1.165) is 45.0 Å². The highest BCUT2D eigenvalue weighted by Gasteiger charge is 2.26. The van der Waals surface area contributed by atoms with Gasteiger partial charge in [0.1, 0.15) is 11.5 Å². The van der Waals surface area contributed by atoms with Crippen molar-refractivity contribution in [1.29, 1.82) is 0 Å². The monoisotopic (exact) mass is 318 g/mol. The van der Waals surface area contributed by atoms with Gasteiger partial charge in [-0.05, 0) is 34.2 Å². The van der Waals surface area contributed by atoms with Gasteiger partial charge in [0.2, 0.25) is 0 Å². The summed E-state index contributed by atoms with van der Waals surface area (Å²) in [6.45, 7) is 0. The molecular weight excluding hydrogens is 304 g/mol. The molecule has 0 radical (unpaired) electrons. The van der Waals surface area contributed by atoms with Gasteiger partial charge in [-0.15, -0.1) is 0 Å². The minimum atomic E-state index is -0.485. The lowest BCUT2D eigenvalue weighted by Crippen LogP contribution is -2.05. The van der Waals surface area contributed by atoms with Crippen molar-refractivity contribution in [2.75, 3.05) is 20.0 Å². The van der Waals surface area contributed by atoms with E-state index in [1.807, 2.05) is 6.07 Å². The van der Waals surface area contributed by atoms with Gasteiger partial charge >= 0.3 is 0 Å². The summed E-state index contributed by atoms with van der Waals surface area (Å²) >= 11 is 5.26. The number of ether oxygens (including phenoxy) is 2. The number of aliphatic hydroxyl groups is 1. The molecule has 0 aromatic heterocycles. The third kappa shape index (κ3) is 2.41. The van der Waals surface area contributed by atoms with Crippen LogP contribution in [-0.2, 0) is 5.75 Å². The standard InChI is InChI=1S/C12H15BrO3S/c1-15-10-5-8(13)12(16-2)11-7(10)6-17-4-3-9(11)14/h5,9,14H,3-4,6H2,1-2H3. The second-order valence-corrected chi connectivity index (χ2v) is 5.80. The molecule has 1 aliphatic rings. The molecule has 1 atom stereocenters. The maximum Gasteiger partial charge on any atom is 0.139 e. The van der Waals surface area contributed by atoms with Gasteiger partial charge < -0.3 is 14.6 Å². The summed E-state index contributed by atoms with van der Waals surface area (Å²) in [6, 6.07) is 1.90. The molecule has 1 aromatic rings. The fourth-order valence-corrected chi connectivity index (χ4v) is 3.69. The molecule has 0 bridgehead atoms. The van der Waals surface area contributed by atoms with Crippen LogP contribution in [0.2, 0.25) is 0 Å². The van der Waals surface area contributed by atoms with Crippen molar-refractivity contribution in [3.05, 3.63) is 21.7 Å². The summed E-state index contributed by atoms with van der Waals surface area (Å²) in [5, 5.41) is 10.2. The Bertz CT molecular complexity index is 423. The summed E-state index contributed by atoms with van der Waals surface area (Å²) in [4.78, 5) is 0. The van der Waals surface area contributed by atoms with Crippen molar-refractivity contribution in [3.8, 4) is 11.5 Å². The van der Waals surface area contributed by atoms with Crippen molar-refractivity contribution >= 4 is 27.7 Å². The molecule has 1 unspecified atom stereocenters. The number of hydrogen-bond acceptors (Lipinski definition) is 4. The van der Waals surface area contributed by atoms with Crippen molar-refractivity contribution in [3.63, 3.8) is 0 Å². The zero-order chi connectivity index (χ0) is 12.4. The molecule has 0 fully saturated rings. The first kappa shape index (κ1) is 13.1. The molecule has 17 heavy (non-hydrogen) atoms. The van der Waals surface area contributed by atoms with E-state index in [9.17, 15) is 5.11 Å². The molecule has 0 amide bonds. The summed E-state index contributed by atoms with van der Waals surface area (Å²) in [7, 11) is 3.27. The third-order valence-corrected chi connectivity index (χ3v) is 4.49. The number of aliphatic hydroxyl groups excluding tert-OH is 1. The molecule has 0 aliphatic carbocycles. The van der Waals surface area contributed by atoms with Crippen LogP contribution in [0.25, 0.3) is 0 Å². The van der Waals surface area contributed by atoms with Gasteiger partial charge in [0.25, 0.3) is 0 Å². The Labute approximate surface area is 114 Å². The first-order valence-corrected chi connectivity index (χ1v) is 7.32. The van der Waals surface area contributed by atoms with Crippen LogP contribution in [0.1, 0.15) is 23.7 Å². The van der Waals surface area contributed by atoms with Gasteiger partial charge in [-0.3, -0.25) is 0 Å². The number of rotatable bonds is 2. The topological polar surface area (TPSA) is 38.7 Å². The Balaban J connectivity index is 2.65. The Kier molecular flexibility index (Phi) is 4.22. The predicted molar refractivity (Wildman–Crippen MR) is 73.0 cm³/mol. The molecule has 2 rings (SSSR count). The Hall–Kier alpha value is -0.390. The van der Waals surface area contributed by atoms with E-state index < -0.39 is 6.10 Å². The molecule has 1 aromatic carbocycles. The van der Waals surface area contributed by atoms with E-state index >= 15 is 0 Å². The van der Waals surface area contributed by atoms with Crippen LogP contribution in [0, 0.1) is 0 Å².